The molecule has 1 aromatic carbocycles. The van der Waals surface area contributed by atoms with Crippen molar-refractivity contribution in [2.75, 3.05) is 0 Å². The fraction of sp³-hybridized carbons (Fsp3) is 0.0833. The van der Waals surface area contributed by atoms with Crippen LogP contribution in [0.25, 0.3) is 11.3 Å². The van der Waals surface area contributed by atoms with Gasteiger partial charge in [0.25, 0.3) is 11.2 Å². The van der Waals surface area contributed by atoms with Gasteiger partial charge in [-0.15, -0.1) is 4.73 Å². The number of nitro benzene ring substituents is 1. The van der Waals surface area contributed by atoms with E-state index in [-0.39, 0.29) is 11.4 Å². The molecule has 2 rings (SSSR count). The van der Waals surface area contributed by atoms with E-state index in [0.29, 0.717) is 15.9 Å². The maximum absolute atomic E-state index is 11.4. The van der Waals surface area contributed by atoms with Crippen LogP contribution >= 0.6 is 0 Å². The number of pyridine rings is 1. The lowest BCUT2D eigenvalue weighted by Gasteiger charge is -2.07. The van der Waals surface area contributed by atoms with Crippen molar-refractivity contribution in [1.29, 1.82) is 0 Å². The second-order valence-electron chi connectivity index (χ2n) is 3.88. The molecule has 0 bridgehead atoms. The predicted octanol–water partition coefficient (Wildman–Crippen LogP) is 1.97. The van der Waals surface area contributed by atoms with Gasteiger partial charge in [-0.3, -0.25) is 14.9 Å². The molecule has 0 aliphatic heterocycles. The molecule has 2 aromatic rings. The largest absolute Gasteiger partial charge is 0.425 e. The highest BCUT2D eigenvalue weighted by molar-refractivity contribution is 5.63. The van der Waals surface area contributed by atoms with Crippen LogP contribution < -0.4 is 5.56 Å². The molecule has 0 radical (unpaired) electrons. The van der Waals surface area contributed by atoms with E-state index in [4.69, 9.17) is 0 Å². The van der Waals surface area contributed by atoms with Crippen LogP contribution in [0.4, 0.5) is 5.69 Å². The zero-order chi connectivity index (χ0) is 13.3. The normalized spacial score (nSPS) is 10.3. The first-order valence-corrected chi connectivity index (χ1v) is 5.17. The summed E-state index contributed by atoms with van der Waals surface area (Å²) in [6.45, 7) is 1.71. The molecule has 0 fully saturated rings. The second kappa shape index (κ2) is 4.33. The van der Waals surface area contributed by atoms with Crippen molar-refractivity contribution >= 4 is 5.69 Å². The Balaban J connectivity index is 2.65. The zero-order valence-electron chi connectivity index (χ0n) is 9.53. The van der Waals surface area contributed by atoms with Crippen molar-refractivity contribution in [3.05, 3.63) is 62.4 Å². The van der Waals surface area contributed by atoms with E-state index in [1.165, 1.54) is 24.3 Å². The number of nitro groups is 1. The molecule has 6 heteroatoms. The molecule has 0 aliphatic rings. The minimum absolute atomic E-state index is 0.0959. The van der Waals surface area contributed by atoms with Gasteiger partial charge in [-0.25, -0.2) is 0 Å². The van der Waals surface area contributed by atoms with Crippen molar-refractivity contribution in [1.82, 2.24) is 4.73 Å². The Hall–Kier alpha value is -2.63. The number of aromatic nitrogens is 1. The number of non-ortho nitro benzene ring substituents is 1. The first kappa shape index (κ1) is 11.8. The van der Waals surface area contributed by atoms with Crippen LogP contribution in [-0.2, 0) is 0 Å². The van der Waals surface area contributed by atoms with Crippen LogP contribution in [0.3, 0.4) is 0 Å². The highest BCUT2D eigenvalue weighted by atomic mass is 16.6. The average Bonchev–Trinajstić information content (AvgIpc) is 2.34. The van der Waals surface area contributed by atoms with Crippen LogP contribution in [0, 0.1) is 17.0 Å². The third-order valence-corrected chi connectivity index (χ3v) is 2.51. The Morgan fingerprint density at radius 3 is 2.67 bits per heavy atom. The van der Waals surface area contributed by atoms with E-state index in [9.17, 15) is 20.1 Å². The minimum atomic E-state index is -0.573. The van der Waals surface area contributed by atoms with Gasteiger partial charge in [0.1, 0.15) is 0 Å². The van der Waals surface area contributed by atoms with Gasteiger partial charge in [-0.1, -0.05) is 12.1 Å². The Morgan fingerprint density at radius 1 is 1.28 bits per heavy atom. The molecule has 0 aliphatic carbocycles. The molecule has 1 aromatic heterocycles. The van der Waals surface area contributed by atoms with E-state index in [1.54, 1.807) is 19.1 Å². The number of nitrogens with zero attached hydrogens (tertiary/aromatic N) is 2. The SMILES string of the molecule is Cc1cc(-c2cccc([N+](=O)[O-])c2)n(O)c(=O)c1. The lowest BCUT2D eigenvalue weighted by Crippen LogP contribution is -2.18. The summed E-state index contributed by atoms with van der Waals surface area (Å²) in [5.41, 5.74) is 0.640. The molecule has 1 N–H and O–H groups in total. The molecule has 0 atom stereocenters. The van der Waals surface area contributed by atoms with Gasteiger partial charge >= 0.3 is 0 Å². The van der Waals surface area contributed by atoms with E-state index in [1.807, 2.05) is 0 Å². The van der Waals surface area contributed by atoms with Crippen molar-refractivity contribution in [3.8, 4) is 11.3 Å². The van der Waals surface area contributed by atoms with E-state index < -0.39 is 10.5 Å². The molecule has 18 heavy (non-hydrogen) atoms. The third-order valence-electron chi connectivity index (χ3n) is 2.51. The van der Waals surface area contributed by atoms with E-state index in [0.717, 1.165) is 0 Å². The summed E-state index contributed by atoms with van der Waals surface area (Å²) in [5.74, 6) is 0. The Morgan fingerprint density at radius 2 is 2.00 bits per heavy atom. The summed E-state index contributed by atoms with van der Waals surface area (Å²) in [7, 11) is 0. The second-order valence-corrected chi connectivity index (χ2v) is 3.88. The molecule has 92 valence electrons. The first-order valence-electron chi connectivity index (χ1n) is 5.17. The summed E-state index contributed by atoms with van der Waals surface area (Å²) < 4.78 is 0.478. The minimum Gasteiger partial charge on any atom is -0.425 e. The molecular weight excluding hydrogens is 236 g/mol. The lowest BCUT2D eigenvalue weighted by molar-refractivity contribution is -0.384. The summed E-state index contributed by atoms with van der Waals surface area (Å²) in [4.78, 5) is 21.6. The number of benzene rings is 1. The van der Waals surface area contributed by atoms with Crippen molar-refractivity contribution in [2.24, 2.45) is 0 Å². The van der Waals surface area contributed by atoms with Gasteiger partial charge in [0.05, 0.1) is 10.6 Å². The fourth-order valence-electron chi connectivity index (χ4n) is 1.68. The number of aryl methyl sites for hydroxylation is 1. The van der Waals surface area contributed by atoms with Gasteiger partial charge in [-0.2, -0.15) is 0 Å². The van der Waals surface area contributed by atoms with Crippen molar-refractivity contribution in [3.63, 3.8) is 0 Å². The Labute approximate surface area is 102 Å². The monoisotopic (exact) mass is 246 g/mol. The van der Waals surface area contributed by atoms with Crippen molar-refractivity contribution < 1.29 is 10.1 Å². The predicted molar refractivity (Wildman–Crippen MR) is 64.7 cm³/mol. The zero-order valence-corrected chi connectivity index (χ0v) is 9.53. The highest BCUT2D eigenvalue weighted by Crippen LogP contribution is 2.22. The Kier molecular flexibility index (Phi) is 2.85. The number of hydrogen-bond acceptors (Lipinski definition) is 4. The molecule has 6 nitrogen and oxygen atoms in total. The summed E-state index contributed by atoms with van der Waals surface area (Å²) in [6, 6.07) is 8.61. The third kappa shape index (κ3) is 2.08. The average molecular weight is 246 g/mol. The van der Waals surface area contributed by atoms with Crippen LogP contribution in [0.15, 0.2) is 41.2 Å². The smallest absolute Gasteiger partial charge is 0.283 e. The summed E-state index contributed by atoms with van der Waals surface area (Å²) in [6.07, 6.45) is 0. The quantitative estimate of drug-likeness (QED) is 0.498. The van der Waals surface area contributed by atoms with Crippen LogP contribution in [0.2, 0.25) is 0 Å². The molecule has 0 saturated carbocycles. The van der Waals surface area contributed by atoms with Gasteiger partial charge in [-0.05, 0) is 18.6 Å². The number of rotatable bonds is 2. The lowest BCUT2D eigenvalue weighted by atomic mass is 10.1. The Bertz CT molecular complexity index is 676. The molecule has 1 heterocycles. The molecular formula is C12H10N2O4. The summed E-state index contributed by atoms with van der Waals surface area (Å²) in [5, 5.41) is 20.3. The van der Waals surface area contributed by atoms with Crippen molar-refractivity contribution in [2.45, 2.75) is 6.92 Å². The van der Waals surface area contributed by atoms with E-state index in [2.05, 4.69) is 0 Å². The van der Waals surface area contributed by atoms with Gasteiger partial charge < -0.3 is 5.21 Å². The fourth-order valence-corrected chi connectivity index (χ4v) is 1.68. The summed E-state index contributed by atoms with van der Waals surface area (Å²) >= 11 is 0. The number of hydrogen-bond donors (Lipinski definition) is 1. The molecule has 0 spiro atoms. The maximum atomic E-state index is 11.4. The standard InChI is InChI=1S/C12H10N2O4/c1-8-5-11(13(16)12(15)6-8)9-3-2-4-10(7-9)14(17)18/h2-7,16H,1H3. The topological polar surface area (TPSA) is 85.4 Å². The maximum Gasteiger partial charge on any atom is 0.283 e. The highest BCUT2D eigenvalue weighted by Gasteiger charge is 2.11. The molecule has 0 unspecified atom stereocenters. The van der Waals surface area contributed by atoms with Gasteiger partial charge in [0.15, 0.2) is 0 Å². The van der Waals surface area contributed by atoms with E-state index >= 15 is 0 Å². The van der Waals surface area contributed by atoms with Crippen LogP contribution in [-0.4, -0.2) is 14.9 Å². The van der Waals surface area contributed by atoms with Gasteiger partial charge in [0, 0.05) is 23.8 Å². The first-order chi connectivity index (χ1) is 8.49. The van der Waals surface area contributed by atoms with Crippen LogP contribution in [0.5, 0.6) is 0 Å². The molecule has 0 saturated heterocycles. The molecule has 0 amide bonds. The van der Waals surface area contributed by atoms with Crippen LogP contribution in [0.1, 0.15) is 5.56 Å². The van der Waals surface area contributed by atoms with Gasteiger partial charge in [0.2, 0.25) is 0 Å².